The van der Waals surface area contributed by atoms with Crippen LogP contribution in [0.4, 0.5) is 5.69 Å². The zero-order valence-electron chi connectivity index (χ0n) is 10.7. The first kappa shape index (κ1) is 13.6. The average molecular weight is 306 g/mol. The minimum atomic E-state index is -3.96. The highest BCUT2D eigenvalue weighted by Gasteiger charge is 2.35. The van der Waals surface area contributed by atoms with Gasteiger partial charge in [0.2, 0.25) is 0 Å². The van der Waals surface area contributed by atoms with Gasteiger partial charge in [-0.3, -0.25) is 10.1 Å². The van der Waals surface area contributed by atoms with Crippen molar-refractivity contribution in [3.05, 3.63) is 58.2 Å². The molecule has 0 spiro atoms. The number of benzene rings is 1. The molecule has 21 heavy (non-hydrogen) atoms. The molecule has 0 atom stereocenters. The zero-order chi connectivity index (χ0) is 15.0. The Morgan fingerprint density at radius 1 is 1.24 bits per heavy atom. The quantitative estimate of drug-likeness (QED) is 0.620. The molecule has 0 aliphatic carbocycles. The minimum absolute atomic E-state index is 0.0895. The highest BCUT2D eigenvalue weighted by molar-refractivity contribution is 7.89. The van der Waals surface area contributed by atoms with Gasteiger partial charge in [0.25, 0.3) is 15.7 Å². The lowest BCUT2D eigenvalue weighted by Crippen LogP contribution is -2.26. The first-order valence-corrected chi connectivity index (χ1v) is 7.45. The maximum absolute atomic E-state index is 12.6. The van der Waals surface area contributed by atoms with Crippen LogP contribution < -0.4 is 0 Å². The summed E-state index contributed by atoms with van der Waals surface area (Å²) in [4.78, 5) is 17.9. The van der Waals surface area contributed by atoms with E-state index in [9.17, 15) is 18.5 Å². The van der Waals surface area contributed by atoms with E-state index in [0.29, 0.717) is 11.3 Å². The number of aromatic nitrogens is 2. The van der Waals surface area contributed by atoms with Gasteiger partial charge in [0, 0.05) is 24.4 Å². The van der Waals surface area contributed by atoms with Crippen molar-refractivity contribution in [2.75, 3.05) is 0 Å². The molecule has 108 valence electrons. The number of hydrogen-bond acceptors (Lipinski definition) is 6. The molecule has 0 unspecified atom stereocenters. The summed E-state index contributed by atoms with van der Waals surface area (Å²) in [7, 11) is -3.96. The Morgan fingerprint density at radius 2 is 2.00 bits per heavy atom. The smallest absolute Gasteiger partial charge is 0.258 e. The van der Waals surface area contributed by atoms with Gasteiger partial charge in [-0.25, -0.2) is 18.4 Å². The predicted octanol–water partition coefficient (Wildman–Crippen LogP) is 1.09. The van der Waals surface area contributed by atoms with E-state index in [4.69, 9.17) is 0 Å². The summed E-state index contributed by atoms with van der Waals surface area (Å²) in [5, 5.41) is 11.0. The lowest BCUT2D eigenvalue weighted by Gasteiger charge is -2.15. The normalized spacial score (nSPS) is 14.9. The summed E-state index contributed by atoms with van der Waals surface area (Å²) >= 11 is 0. The fourth-order valence-electron chi connectivity index (χ4n) is 2.21. The second kappa shape index (κ2) is 4.86. The number of hydrogen-bond donors (Lipinski definition) is 0. The fourth-order valence-corrected chi connectivity index (χ4v) is 3.74. The molecule has 0 N–H and O–H groups in total. The fraction of sp³-hybridized carbons (Fsp3) is 0.167. The van der Waals surface area contributed by atoms with Crippen molar-refractivity contribution in [3.63, 3.8) is 0 Å². The van der Waals surface area contributed by atoms with Gasteiger partial charge >= 0.3 is 0 Å². The van der Waals surface area contributed by atoms with Gasteiger partial charge in [0.1, 0.15) is 6.33 Å². The third-order valence-electron chi connectivity index (χ3n) is 3.23. The Morgan fingerprint density at radius 3 is 2.71 bits per heavy atom. The molecular formula is C12H10N4O4S. The van der Waals surface area contributed by atoms with Crippen LogP contribution >= 0.6 is 0 Å². The third kappa shape index (κ3) is 2.26. The summed E-state index contributed by atoms with van der Waals surface area (Å²) < 4.78 is 26.4. The maximum Gasteiger partial charge on any atom is 0.289 e. The van der Waals surface area contributed by atoms with E-state index < -0.39 is 20.6 Å². The molecule has 8 nitrogen and oxygen atoms in total. The molecule has 0 amide bonds. The highest BCUT2D eigenvalue weighted by Crippen LogP contribution is 2.31. The number of rotatable bonds is 3. The second-order valence-corrected chi connectivity index (χ2v) is 6.40. The van der Waals surface area contributed by atoms with Gasteiger partial charge in [-0.1, -0.05) is 12.1 Å². The standard InChI is InChI=1S/C12H10N4O4S/c17-16(18)11-3-1-2-4-12(11)21(19,20)15-6-9-5-13-8-14-10(9)7-15/h1-5,8H,6-7H2. The Labute approximate surface area is 120 Å². The van der Waals surface area contributed by atoms with E-state index in [0.717, 1.165) is 4.31 Å². The van der Waals surface area contributed by atoms with Crippen LogP contribution in [-0.2, 0) is 23.1 Å². The number of para-hydroxylation sites is 1. The molecule has 3 rings (SSSR count). The molecule has 1 aliphatic heterocycles. The molecule has 0 radical (unpaired) electrons. The Kier molecular flexibility index (Phi) is 3.15. The Balaban J connectivity index is 2.02. The molecule has 1 aromatic heterocycles. The van der Waals surface area contributed by atoms with Crippen molar-refractivity contribution in [1.82, 2.24) is 14.3 Å². The number of fused-ring (bicyclic) bond motifs is 1. The summed E-state index contributed by atoms with van der Waals surface area (Å²) in [6.07, 6.45) is 2.90. The van der Waals surface area contributed by atoms with Crippen molar-refractivity contribution in [2.24, 2.45) is 0 Å². The lowest BCUT2D eigenvalue weighted by atomic mass is 10.3. The second-order valence-electron chi connectivity index (χ2n) is 4.49. The largest absolute Gasteiger partial charge is 0.289 e. The summed E-state index contributed by atoms with van der Waals surface area (Å²) in [5.74, 6) is 0. The van der Waals surface area contributed by atoms with Gasteiger partial charge in [0.15, 0.2) is 4.90 Å². The molecule has 0 saturated carbocycles. The third-order valence-corrected chi connectivity index (χ3v) is 5.07. The molecule has 2 heterocycles. The average Bonchev–Trinajstić information content (AvgIpc) is 2.92. The minimum Gasteiger partial charge on any atom is -0.258 e. The summed E-state index contributed by atoms with van der Waals surface area (Å²) in [6.45, 7) is 0.205. The van der Waals surface area contributed by atoms with E-state index in [2.05, 4.69) is 9.97 Å². The predicted molar refractivity (Wildman–Crippen MR) is 71.6 cm³/mol. The molecule has 0 bridgehead atoms. The van der Waals surface area contributed by atoms with Crippen LogP contribution in [0.1, 0.15) is 11.3 Å². The molecule has 0 fully saturated rings. The molecular weight excluding hydrogens is 296 g/mol. The number of nitro groups is 1. The van der Waals surface area contributed by atoms with Crippen molar-refractivity contribution in [1.29, 1.82) is 0 Å². The topological polar surface area (TPSA) is 106 Å². The van der Waals surface area contributed by atoms with E-state index >= 15 is 0 Å². The van der Waals surface area contributed by atoms with Gasteiger partial charge in [-0.15, -0.1) is 0 Å². The molecule has 1 aliphatic rings. The lowest BCUT2D eigenvalue weighted by molar-refractivity contribution is -0.387. The van der Waals surface area contributed by atoms with Crippen LogP contribution in [0.5, 0.6) is 0 Å². The molecule has 2 aromatic rings. The Bertz CT molecular complexity index is 797. The van der Waals surface area contributed by atoms with E-state index in [1.165, 1.54) is 30.6 Å². The van der Waals surface area contributed by atoms with Gasteiger partial charge in [0.05, 0.1) is 17.2 Å². The summed E-state index contributed by atoms with van der Waals surface area (Å²) in [6, 6.07) is 5.31. The van der Waals surface area contributed by atoms with Crippen LogP contribution in [0.15, 0.2) is 41.7 Å². The molecule has 9 heteroatoms. The zero-order valence-corrected chi connectivity index (χ0v) is 11.5. The van der Waals surface area contributed by atoms with Crippen molar-refractivity contribution in [2.45, 2.75) is 18.0 Å². The number of nitrogens with zero attached hydrogens (tertiary/aromatic N) is 4. The van der Waals surface area contributed by atoms with Crippen molar-refractivity contribution in [3.8, 4) is 0 Å². The van der Waals surface area contributed by atoms with Crippen molar-refractivity contribution >= 4 is 15.7 Å². The van der Waals surface area contributed by atoms with E-state index in [1.807, 2.05) is 0 Å². The maximum atomic E-state index is 12.6. The van der Waals surface area contributed by atoms with Crippen LogP contribution in [0, 0.1) is 10.1 Å². The molecule has 1 aromatic carbocycles. The van der Waals surface area contributed by atoms with Crippen molar-refractivity contribution < 1.29 is 13.3 Å². The first-order valence-electron chi connectivity index (χ1n) is 6.01. The van der Waals surface area contributed by atoms with Gasteiger partial charge in [-0.2, -0.15) is 4.31 Å². The monoisotopic (exact) mass is 306 g/mol. The van der Waals surface area contributed by atoms with Crippen LogP contribution in [0.3, 0.4) is 0 Å². The molecule has 0 saturated heterocycles. The van der Waals surface area contributed by atoms with Gasteiger partial charge in [-0.05, 0) is 6.07 Å². The van der Waals surface area contributed by atoms with E-state index in [1.54, 1.807) is 6.20 Å². The van der Waals surface area contributed by atoms with Crippen LogP contribution in [0.25, 0.3) is 0 Å². The first-order chi connectivity index (χ1) is 10.00. The number of nitro benzene ring substituents is 1. The summed E-state index contributed by atoms with van der Waals surface area (Å²) in [5.41, 5.74) is 0.895. The number of sulfonamides is 1. The highest BCUT2D eigenvalue weighted by atomic mass is 32.2. The SMILES string of the molecule is O=[N+]([O-])c1ccccc1S(=O)(=O)N1Cc2cncnc2C1. The van der Waals surface area contributed by atoms with Crippen LogP contribution in [0.2, 0.25) is 0 Å². The van der Waals surface area contributed by atoms with Gasteiger partial charge < -0.3 is 0 Å². The Hall–Kier alpha value is -2.39. The van der Waals surface area contributed by atoms with Crippen LogP contribution in [-0.4, -0.2) is 27.6 Å². The van der Waals surface area contributed by atoms with E-state index in [-0.39, 0.29) is 18.0 Å².